The number of rotatable bonds is 7. The third-order valence-corrected chi connectivity index (χ3v) is 3.77. The number of nitrogens with one attached hydrogen (secondary N) is 1. The molecule has 9 nitrogen and oxygen atoms in total. The Hall–Kier alpha value is -1.26. The maximum absolute atomic E-state index is 11.7. The summed E-state index contributed by atoms with van der Waals surface area (Å²) in [7, 11) is 1.17. The van der Waals surface area contributed by atoms with Crippen LogP contribution >= 0.6 is 0 Å². The molecule has 0 radical (unpaired) electrons. The zero-order chi connectivity index (χ0) is 17.6. The van der Waals surface area contributed by atoms with Gasteiger partial charge in [-0.05, 0) is 6.42 Å². The molecule has 0 aromatic rings. The summed E-state index contributed by atoms with van der Waals surface area (Å²) in [6.45, 7) is 1.67. The van der Waals surface area contributed by atoms with Crippen molar-refractivity contribution >= 4 is 11.9 Å². The van der Waals surface area contributed by atoms with Crippen molar-refractivity contribution in [2.45, 2.75) is 62.7 Å². The average molecular weight is 334 g/mol. The summed E-state index contributed by atoms with van der Waals surface area (Å²) in [6, 6.07) is -0.683. The van der Waals surface area contributed by atoms with E-state index in [1.807, 2.05) is 6.92 Å². The lowest BCUT2D eigenvalue weighted by Gasteiger charge is -2.38. The summed E-state index contributed by atoms with van der Waals surface area (Å²) in [5, 5.41) is 32.3. The first-order valence-corrected chi connectivity index (χ1v) is 7.62. The van der Waals surface area contributed by atoms with Crippen molar-refractivity contribution in [2.24, 2.45) is 5.73 Å². The van der Waals surface area contributed by atoms with Gasteiger partial charge in [-0.1, -0.05) is 13.3 Å². The van der Waals surface area contributed by atoms with E-state index in [4.69, 9.17) is 10.5 Å². The third kappa shape index (κ3) is 5.40. The van der Waals surface area contributed by atoms with Crippen molar-refractivity contribution in [3.05, 3.63) is 0 Å². The third-order valence-electron chi connectivity index (χ3n) is 3.77. The quantitative estimate of drug-likeness (QED) is 0.324. The molecule has 9 heteroatoms. The van der Waals surface area contributed by atoms with E-state index >= 15 is 0 Å². The highest BCUT2D eigenvalue weighted by molar-refractivity contribution is 5.81. The zero-order valence-corrected chi connectivity index (χ0v) is 13.3. The fourth-order valence-electron chi connectivity index (χ4n) is 2.40. The van der Waals surface area contributed by atoms with Crippen LogP contribution in [0.15, 0.2) is 0 Å². The Morgan fingerprint density at radius 3 is 2.65 bits per heavy atom. The number of carbonyl (C=O) groups is 2. The molecule has 1 rings (SSSR count). The summed E-state index contributed by atoms with van der Waals surface area (Å²) in [6.07, 6.45) is -5.14. The largest absolute Gasteiger partial charge is 0.467 e. The molecule has 1 heterocycles. The minimum Gasteiger partial charge on any atom is -0.467 e. The molecule has 6 atom stereocenters. The Kier molecular flexibility index (Phi) is 7.86. The predicted octanol–water partition coefficient (Wildman–Crippen LogP) is -2.36. The second kappa shape index (κ2) is 9.14. The number of methoxy groups -OCH3 is 1. The van der Waals surface area contributed by atoms with Gasteiger partial charge in [0.05, 0.1) is 19.3 Å². The number of aliphatic hydroxyl groups excluding tert-OH is 3. The molecular weight excluding hydrogens is 308 g/mol. The lowest BCUT2D eigenvalue weighted by molar-refractivity contribution is -0.210. The van der Waals surface area contributed by atoms with Gasteiger partial charge in [0.25, 0.3) is 0 Å². The van der Waals surface area contributed by atoms with Crippen LogP contribution in [0.5, 0.6) is 0 Å². The van der Waals surface area contributed by atoms with Gasteiger partial charge in [-0.3, -0.25) is 4.79 Å². The van der Waals surface area contributed by atoms with Gasteiger partial charge in [0.2, 0.25) is 5.91 Å². The number of hydrogen-bond acceptors (Lipinski definition) is 8. The monoisotopic (exact) mass is 334 g/mol. The summed E-state index contributed by atoms with van der Waals surface area (Å²) >= 11 is 0. The van der Waals surface area contributed by atoms with E-state index in [0.717, 1.165) is 6.42 Å². The van der Waals surface area contributed by atoms with Crippen molar-refractivity contribution in [3.8, 4) is 0 Å². The van der Waals surface area contributed by atoms with Crippen LogP contribution in [0.3, 0.4) is 0 Å². The SMILES string of the molecule is CCC[C@H](N)C(=O)NC[C@@H](O)[C@H]1O[C@H](C(=O)OC)C[C@@H](O)[C@H]1O. The van der Waals surface area contributed by atoms with Gasteiger partial charge in [0.15, 0.2) is 6.10 Å². The van der Waals surface area contributed by atoms with Crippen molar-refractivity contribution in [3.63, 3.8) is 0 Å². The maximum atomic E-state index is 11.7. The van der Waals surface area contributed by atoms with Crippen molar-refractivity contribution in [2.75, 3.05) is 13.7 Å². The molecule has 6 N–H and O–H groups in total. The molecule has 1 saturated heterocycles. The van der Waals surface area contributed by atoms with Crippen LogP contribution in [0.4, 0.5) is 0 Å². The molecular formula is C14H26N2O7. The minimum absolute atomic E-state index is 0.134. The molecule has 1 aliphatic rings. The number of esters is 1. The maximum Gasteiger partial charge on any atom is 0.335 e. The average Bonchev–Trinajstić information content (AvgIpc) is 2.53. The Labute approximate surface area is 134 Å². The molecule has 0 aliphatic carbocycles. The number of ether oxygens (including phenoxy) is 2. The standard InChI is InChI=1S/C14H26N2O7/c1-3-4-7(15)13(20)16-6-9(18)12-11(19)8(17)5-10(23-12)14(21)22-2/h7-12,17-19H,3-6,15H2,1-2H3,(H,16,20)/t7-,8+,9+,10-,11+,12+/m0/s1. The normalized spacial score (nSPS) is 30.3. The van der Waals surface area contributed by atoms with Gasteiger partial charge in [0.1, 0.15) is 18.3 Å². The topological polar surface area (TPSA) is 151 Å². The first-order valence-electron chi connectivity index (χ1n) is 7.62. The molecule has 1 aliphatic heterocycles. The Morgan fingerprint density at radius 1 is 1.43 bits per heavy atom. The predicted molar refractivity (Wildman–Crippen MR) is 79.2 cm³/mol. The van der Waals surface area contributed by atoms with Gasteiger partial charge < -0.3 is 35.8 Å². The number of carbonyl (C=O) groups excluding carboxylic acids is 2. The molecule has 1 fully saturated rings. The molecule has 0 saturated carbocycles. The van der Waals surface area contributed by atoms with Crippen molar-refractivity contribution < 1.29 is 34.4 Å². The van der Waals surface area contributed by atoms with E-state index in [-0.39, 0.29) is 13.0 Å². The van der Waals surface area contributed by atoms with Gasteiger partial charge >= 0.3 is 5.97 Å². The fourth-order valence-corrected chi connectivity index (χ4v) is 2.40. The van der Waals surface area contributed by atoms with Crippen LogP contribution in [0.1, 0.15) is 26.2 Å². The summed E-state index contributed by atoms with van der Waals surface area (Å²) < 4.78 is 9.84. The summed E-state index contributed by atoms with van der Waals surface area (Å²) in [5.41, 5.74) is 5.65. The highest BCUT2D eigenvalue weighted by atomic mass is 16.6. The van der Waals surface area contributed by atoms with Gasteiger partial charge in [-0.15, -0.1) is 0 Å². The van der Waals surface area contributed by atoms with Crippen LogP contribution in [-0.2, 0) is 19.1 Å². The van der Waals surface area contributed by atoms with Crippen molar-refractivity contribution in [1.29, 1.82) is 0 Å². The number of amides is 1. The number of aliphatic hydroxyl groups is 3. The van der Waals surface area contributed by atoms with E-state index in [1.165, 1.54) is 7.11 Å². The van der Waals surface area contributed by atoms with E-state index in [0.29, 0.717) is 6.42 Å². The lowest BCUT2D eigenvalue weighted by Crippen LogP contribution is -2.57. The second-order valence-electron chi connectivity index (χ2n) is 5.61. The minimum atomic E-state index is -1.38. The zero-order valence-electron chi connectivity index (χ0n) is 13.3. The number of hydrogen-bond donors (Lipinski definition) is 5. The molecule has 134 valence electrons. The van der Waals surface area contributed by atoms with E-state index in [1.54, 1.807) is 0 Å². The highest BCUT2D eigenvalue weighted by Gasteiger charge is 2.43. The first kappa shape index (κ1) is 19.8. The molecule has 0 aromatic carbocycles. The first-order chi connectivity index (χ1) is 10.8. The van der Waals surface area contributed by atoms with Gasteiger partial charge in [0, 0.05) is 13.0 Å². The lowest BCUT2D eigenvalue weighted by atomic mass is 9.94. The van der Waals surface area contributed by atoms with E-state index in [2.05, 4.69) is 10.1 Å². The molecule has 23 heavy (non-hydrogen) atoms. The number of nitrogens with two attached hydrogens (primary N) is 1. The molecule has 0 spiro atoms. The summed E-state index contributed by atoms with van der Waals surface area (Å²) in [4.78, 5) is 23.2. The van der Waals surface area contributed by atoms with Crippen LogP contribution in [-0.4, -0.2) is 77.4 Å². The van der Waals surface area contributed by atoms with E-state index in [9.17, 15) is 24.9 Å². The van der Waals surface area contributed by atoms with Gasteiger partial charge in [-0.25, -0.2) is 4.79 Å². The molecule has 0 unspecified atom stereocenters. The fraction of sp³-hybridized carbons (Fsp3) is 0.857. The van der Waals surface area contributed by atoms with Gasteiger partial charge in [-0.2, -0.15) is 0 Å². The Morgan fingerprint density at radius 2 is 2.09 bits per heavy atom. The Bertz CT molecular complexity index is 407. The highest BCUT2D eigenvalue weighted by Crippen LogP contribution is 2.23. The van der Waals surface area contributed by atoms with Crippen LogP contribution in [0, 0.1) is 0 Å². The van der Waals surface area contributed by atoms with Crippen LogP contribution in [0.2, 0.25) is 0 Å². The Balaban J connectivity index is 2.60. The summed E-state index contributed by atoms with van der Waals surface area (Å²) in [5.74, 6) is -1.14. The second-order valence-corrected chi connectivity index (χ2v) is 5.61. The van der Waals surface area contributed by atoms with Crippen LogP contribution in [0.25, 0.3) is 0 Å². The molecule has 1 amide bonds. The smallest absolute Gasteiger partial charge is 0.335 e. The van der Waals surface area contributed by atoms with E-state index < -0.39 is 48.4 Å². The van der Waals surface area contributed by atoms with Crippen LogP contribution < -0.4 is 11.1 Å². The molecule has 0 aromatic heterocycles. The molecule has 0 bridgehead atoms. The van der Waals surface area contributed by atoms with Crippen molar-refractivity contribution in [1.82, 2.24) is 5.32 Å².